The fourth-order valence-corrected chi connectivity index (χ4v) is 1.70. The lowest BCUT2D eigenvalue weighted by molar-refractivity contribution is 0.311. The van der Waals surface area contributed by atoms with Gasteiger partial charge in [0.2, 0.25) is 5.89 Å². The molecule has 0 spiro atoms. The molecular weight excluding hydrogens is 254 g/mol. The molecule has 1 heterocycles. The molecule has 0 fully saturated rings. The molecule has 2 aromatic rings. The second-order valence-corrected chi connectivity index (χ2v) is 3.84. The fraction of sp³-hybridized carbons (Fsp3) is 0.308. The molecule has 0 saturated carbocycles. The Hall–Kier alpha value is -1.68. The van der Waals surface area contributed by atoms with Crippen LogP contribution < -0.4 is 9.47 Å². The monoisotopic (exact) mass is 267 g/mol. The van der Waals surface area contributed by atoms with E-state index in [0.717, 1.165) is 5.56 Å². The quantitative estimate of drug-likeness (QED) is 0.778. The van der Waals surface area contributed by atoms with Crippen molar-refractivity contribution in [2.45, 2.75) is 12.8 Å². The lowest BCUT2D eigenvalue weighted by Gasteiger charge is -2.09. The summed E-state index contributed by atoms with van der Waals surface area (Å²) in [5.74, 6) is 2.21. The molecule has 0 unspecified atom stereocenters. The molecule has 0 amide bonds. The molecule has 0 aliphatic rings. The van der Waals surface area contributed by atoms with Crippen LogP contribution in [0.1, 0.15) is 12.6 Å². The number of methoxy groups -OCH3 is 1. The highest BCUT2D eigenvalue weighted by atomic mass is 35.5. The van der Waals surface area contributed by atoms with E-state index in [1.807, 2.05) is 25.1 Å². The van der Waals surface area contributed by atoms with Crippen molar-refractivity contribution in [1.29, 1.82) is 0 Å². The average molecular weight is 268 g/mol. The van der Waals surface area contributed by atoms with Crippen LogP contribution in [0.3, 0.4) is 0 Å². The van der Waals surface area contributed by atoms with Crippen molar-refractivity contribution in [2.75, 3.05) is 13.7 Å². The van der Waals surface area contributed by atoms with Gasteiger partial charge in [-0.05, 0) is 25.1 Å². The van der Waals surface area contributed by atoms with Gasteiger partial charge in [-0.1, -0.05) is 0 Å². The van der Waals surface area contributed by atoms with Crippen LogP contribution in [0.5, 0.6) is 11.5 Å². The van der Waals surface area contributed by atoms with E-state index in [0.29, 0.717) is 35.6 Å². The number of ether oxygens (including phenoxy) is 2. The Kier molecular flexibility index (Phi) is 4.10. The van der Waals surface area contributed by atoms with Crippen molar-refractivity contribution in [1.82, 2.24) is 4.98 Å². The predicted molar refractivity (Wildman–Crippen MR) is 69.2 cm³/mol. The standard InChI is InChI=1S/C13H14ClNO3/c1-3-17-12-6-9(4-5-11(12)16-2)13-15-10(7-14)8-18-13/h4-6,8H,3,7H2,1-2H3. The summed E-state index contributed by atoms with van der Waals surface area (Å²) < 4.78 is 16.1. The molecule has 0 radical (unpaired) electrons. The molecule has 5 heteroatoms. The van der Waals surface area contributed by atoms with Crippen LogP contribution in [-0.4, -0.2) is 18.7 Å². The highest BCUT2D eigenvalue weighted by molar-refractivity contribution is 6.16. The Morgan fingerprint density at radius 1 is 1.33 bits per heavy atom. The topological polar surface area (TPSA) is 44.5 Å². The molecule has 0 aliphatic heterocycles. The fourth-order valence-electron chi connectivity index (χ4n) is 1.58. The Labute approximate surface area is 110 Å². The SMILES string of the molecule is CCOc1cc(-c2nc(CCl)co2)ccc1OC. The number of nitrogens with zero attached hydrogens (tertiary/aromatic N) is 1. The van der Waals surface area contributed by atoms with E-state index in [2.05, 4.69) is 4.98 Å². The number of rotatable bonds is 5. The largest absolute Gasteiger partial charge is 0.493 e. The first-order valence-corrected chi connectivity index (χ1v) is 6.13. The summed E-state index contributed by atoms with van der Waals surface area (Å²) in [6.07, 6.45) is 1.55. The van der Waals surface area contributed by atoms with Crippen molar-refractivity contribution in [2.24, 2.45) is 0 Å². The molecule has 0 N–H and O–H groups in total. The van der Waals surface area contributed by atoms with Gasteiger partial charge in [0.05, 0.1) is 25.3 Å². The number of aromatic nitrogens is 1. The number of halogens is 1. The van der Waals surface area contributed by atoms with E-state index in [4.69, 9.17) is 25.5 Å². The summed E-state index contributed by atoms with van der Waals surface area (Å²) in [4.78, 5) is 4.26. The molecule has 2 rings (SSSR count). The maximum atomic E-state index is 5.69. The van der Waals surface area contributed by atoms with Crippen LogP contribution in [0.2, 0.25) is 0 Å². The van der Waals surface area contributed by atoms with E-state index in [9.17, 15) is 0 Å². The van der Waals surface area contributed by atoms with Crippen molar-refractivity contribution in [3.8, 4) is 23.0 Å². The highest BCUT2D eigenvalue weighted by Gasteiger charge is 2.10. The Morgan fingerprint density at radius 3 is 2.78 bits per heavy atom. The maximum Gasteiger partial charge on any atom is 0.226 e. The first-order chi connectivity index (χ1) is 8.78. The van der Waals surface area contributed by atoms with Crippen LogP contribution >= 0.6 is 11.6 Å². The second-order valence-electron chi connectivity index (χ2n) is 3.58. The van der Waals surface area contributed by atoms with Gasteiger partial charge in [-0.15, -0.1) is 11.6 Å². The molecule has 1 aromatic carbocycles. The number of oxazole rings is 1. The third-order valence-corrected chi connectivity index (χ3v) is 2.67. The molecule has 0 aliphatic carbocycles. The third kappa shape index (κ3) is 2.59. The van der Waals surface area contributed by atoms with Crippen molar-refractivity contribution < 1.29 is 13.9 Å². The van der Waals surface area contributed by atoms with Crippen molar-refractivity contribution >= 4 is 11.6 Å². The maximum absolute atomic E-state index is 5.69. The summed E-state index contributed by atoms with van der Waals surface area (Å²) in [5.41, 5.74) is 1.54. The number of hydrogen-bond acceptors (Lipinski definition) is 4. The molecule has 0 saturated heterocycles. The smallest absolute Gasteiger partial charge is 0.226 e. The molecule has 96 valence electrons. The van der Waals surface area contributed by atoms with Gasteiger partial charge in [0, 0.05) is 5.56 Å². The van der Waals surface area contributed by atoms with E-state index < -0.39 is 0 Å². The van der Waals surface area contributed by atoms with Gasteiger partial charge >= 0.3 is 0 Å². The molecule has 1 aromatic heterocycles. The van der Waals surface area contributed by atoms with Gasteiger partial charge in [-0.3, -0.25) is 0 Å². The summed E-state index contributed by atoms with van der Waals surface area (Å²) in [5, 5.41) is 0. The number of alkyl halides is 1. The van der Waals surface area contributed by atoms with Gasteiger partial charge in [-0.2, -0.15) is 0 Å². The van der Waals surface area contributed by atoms with E-state index in [1.54, 1.807) is 13.4 Å². The highest BCUT2D eigenvalue weighted by Crippen LogP contribution is 2.32. The predicted octanol–water partition coefficient (Wildman–Crippen LogP) is 3.49. The van der Waals surface area contributed by atoms with E-state index in [1.165, 1.54) is 0 Å². The Balaban J connectivity index is 2.36. The zero-order valence-electron chi connectivity index (χ0n) is 10.3. The van der Waals surface area contributed by atoms with Crippen LogP contribution in [0.4, 0.5) is 0 Å². The number of hydrogen-bond donors (Lipinski definition) is 0. The van der Waals surface area contributed by atoms with Crippen LogP contribution in [0.25, 0.3) is 11.5 Å². The summed E-state index contributed by atoms with van der Waals surface area (Å²) in [6, 6.07) is 5.53. The molecule has 4 nitrogen and oxygen atoms in total. The first-order valence-electron chi connectivity index (χ1n) is 5.60. The van der Waals surface area contributed by atoms with Crippen molar-refractivity contribution in [3.63, 3.8) is 0 Å². The summed E-state index contributed by atoms with van der Waals surface area (Å²) in [6.45, 7) is 2.49. The zero-order chi connectivity index (χ0) is 13.0. The third-order valence-electron chi connectivity index (χ3n) is 2.40. The zero-order valence-corrected chi connectivity index (χ0v) is 11.0. The summed E-state index contributed by atoms with van der Waals surface area (Å²) >= 11 is 5.69. The molecular formula is C13H14ClNO3. The van der Waals surface area contributed by atoms with E-state index in [-0.39, 0.29) is 0 Å². The molecule has 0 bridgehead atoms. The minimum atomic E-state index is 0.331. The first kappa shape index (κ1) is 12.8. The minimum Gasteiger partial charge on any atom is -0.493 e. The minimum absolute atomic E-state index is 0.331. The van der Waals surface area contributed by atoms with Gasteiger partial charge in [-0.25, -0.2) is 4.98 Å². The summed E-state index contributed by atoms with van der Waals surface area (Å²) in [7, 11) is 1.61. The van der Waals surface area contributed by atoms with Crippen LogP contribution in [-0.2, 0) is 5.88 Å². The van der Waals surface area contributed by atoms with E-state index >= 15 is 0 Å². The van der Waals surface area contributed by atoms with Gasteiger partial charge in [0.1, 0.15) is 6.26 Å². The number of benzene rings is 1. The lowest BCUT2D eigenvalue weighted by Crippen LogP contribution is -1.95. The Morgan fingerprint density at radius 2 is 2.17 bits per heavy atom. The van der Waals surface area contributed by atoms with Crippen molar-refractivity contribution in [3.05, 3.63) is 30.2 Å². The van der Waals surface area contributed by atoms with Gasteiger partial charge < -0.3 is 13.9 Å². The van der Waals surface area contributed by atoms with Gasteiger partial charge in [0.25, 0.3) is 0 Å². The van der Waals surface area contributed by atoms with Crippen LogP contribution in [0.15, 0.2) is 28.9 Å². The molecule has 18 heavy (non-hydrogen) atoms. The Bertz CT molecular complexity index is 525. The second kappa shape index (κ2) is 5.78. The lowest BCUT2D eigenvalue weighted by atomic mass is 10.2. The average Bonchev–Trinajstić information content (AvgIpc) is 2.88. The van der Waals surface area contributed by atoms with Crippen LogP contribution in [0, 0.1) is 0 Å². The normalized spacial score (nSPS) is 10.4. The van der Waals surface area contributed by atoms with Gasteiger partial charge in [0.15, 0.2) is 11.5 Å². The molecule has 0 atom stereocenters.